The Hall–Kier alpha value is -2.96. The van der Waals surface area contributed by atoms with Crippen LogP contribution in [0.2, 0.25) is 0 Å². The summed E-state index contributed by atoms with van der Waals surface area (Å²) in [5.74, 6) is 1.15. The predicted octanol–water partition coefficient (Wildman–Crippen LogP) is 1.73. The van der Waals surface area contributed by atoms with E-state index >= 15 is 0 Å². The molecule has 0 spiro atoms. The number of hydrogen-bond acceptors (Lipinski definition) is 3. The molecule has 7 heteroatoms. The van der Waals surface area contributed by atoms with Gasteiger partial charge in [-0.15, -0.1) is 10.2 Å². The van der Waals surface area contributed by atoms with E-state index in [2.05, 4.69) is 25.8 Å². The number of pyridine rings is 1. The van der Waals surface area contributed by atoms with Crippen LogP contribution in [0.25, 0.3) is 5.65 Å². The van der Waals surface area contributed by atoms with Crippen LogP contribution in [0.3, 0.4) is 0 Å². The van der Waals surface area contributed by atoms with Gasteiger partial charge in [0.15, 0.2) is 17.4 Å². The third kappa shape index (κ3) is 3.63. The molecule has 3 rings (SSSR count). The molecule has 3 aromatic rings. The molecule has 0 aliphatic rings. The van der Waals surface area contributed by atoms with Crippen LogP contribution < -0.4 is 10.6 Å². The van der Waals surface area contributed by atoms with Crippen LogP contribution in [0.5, 0.6) is 0 Å². The Bertz CT molecular complexity index is 826. The molecule has 0 bridgehead atoms. The maximum absolute atomic E-state index is 13.2. The molecular formula is C16H17FN6. The normalized spacial score (nSPS) is 11.7. The number of benzene rings is 1. The minimum absolute atomic E-state index is 0.248. The standard InChI is InChI=1S/C16H17FN6/c1-18-16(19-10-12-5-4-6-13(17)9-12)20-11-15-22-21-14-7-2-3-8-23(14)15/h2-9H,10-11H2,1H3,(H2,18,19,20). The molecule has 0 saturated heterocycles. The third-order valence-corrected chi connectivity index (χ3v) is 3.37. The molecule has 2 heterocycles. The van der Waals surface area contributed by atoms with Crippen molar-refractivity contribution < 1.29 is 4.39 Å². The molecule has 2 N–H and O–H groups in total. The highest BCUT2D eigenvalue weighted by atomic mass is 19.1. The summed E-state index contributed by atoms with van der Waals surface area (Å²) in [5, 5.41) is 14.6. The Morgan fingerprint density at radius 2 is 2.00 bits per heavy atom. The lowest BCUT2D eigenvalue weighted by Gasteiger charge is -2.11. The number of hydrogen-bond donors (Lipinski definition) is 2. The fourth-order valence-electron chi connectivity index (χ4n) is 2.23. The zero-order valence-corrected chi connectivity index (χ0v) is 12.7. The van der Waals surface area contributed by atoms with Crippen molar-refractivity contribution in [3.05, 3.63) is 65.9 Å². The van der Waals surface area contributed by atoms with E-state index in [-0.39, 0.29) is 5.82 Å². The van der Waals surface area contributed by atoms with Gasteiger partial charge in [0.1, 0.15) is 5.82 Å². The fraction of sp³-hybridized carbons (Fsp3) is 0.188. The zero-order valence-electron chi connectivity index (χ0n) is 12.7. The lowest BCUT2D eigenvalue weighted by atomic mass is 10.2. The van der Waals surface area contributed by atoms with Crippen LogP contribution in [-0.2, 0) is 13.1 Å². The molecule has 0 aliphatic carbocycles. The van der Waals surface area contributed by atoms with Crippen LogP contribution in [0.4, 0.5) is 4.39 Å². The van der Waals surface area contributed by atoms with E-state index in [4.69, 9.17) is 0 Å². The summed E-state index contributed by atoms with van der Waals surface area (Å²) in [4.78, 5) is 4.15. The Labute approximate surface area is 133 Å². The minimum atomic E-state index is -0.248. The molecule has 23 heavy (non-hydrogen) atoms. The largest absolute Gasteiger partial charge is 0.352 e. The molecule has 0 amide bonds. The number of nitrogens with one attached hydrogen (secondary N) is 2. The van der Waals surface area contributed by atoms with Crippen LogP contribution in [0.1, 0.15) is 11.4 Å². The maximum atomic E-state index is 13.2. The Balaban J connectivity index is 1.60. The van der Waals surface area contributed by atoms with Crippen LogP contribution >= 0.6 is 0 Å². The van der Waals surface area contributed by atoms with Crippen molar-refractivity contribution in [1.29, 1.82) is 0 Å². The van der Waals surface area contributed by atoms with Crippen LogP contribution in [0, 0.1) is 5.82 Å². The number of guanidine groups is 1. The quantitative estimate of drug-likeness (QED) is 0.569. The van der Waals surface area contributed by atoms with Gasteiger partial charge < -0.3 is 10.6 Å². The fourth-order valence-corrected chi connectivity index (χ4v) is 2.23. The lowest BCUT2D eigenvalue weighted by molar-refractivity contribution is 0.624. The highest BCUT2D eigenvalue weighted by molar-refractivity contribution is 5.79. The van der Waals surface area contributed by atoms with E-state index in [0.717, 1.165) is 17.0 Å². The second-order valence-corrected chi connectivity index (χ2v) is 4.95. The predicted molar refractivity (Wildman–Crippen MR) is 86.4 cm³/mol. The van der Waals surface area contributed by atoms with E-state index in [1.165, 1.54) is 12.1 Å². The van der Waals surface area contributed by atoms with Crippen molar-refractivity contribution in [1.82, 2.24) is 25.2 Å². The van der Waals surface area contributed by atoms with Crippen molar-refractivity contribution in [2.24, 2.45) is 4.99 Å². The van der Waals surface area contributed by atoms with Crippen molar-refractivity contribution in [2.45, 2.75) is 13.1 Å². The van der Waals surface area contributed by atoms with E-state index in [9.17, 15) is 4.39 Å². The number of aliphatic imine (C=N–C) groups is 1. The summed E-state index contributed by atoms with van der Waals surface area (Å²) in [6.45, 7) is 0.964. The molecule has 0 saturated carbocycles. The van der Waals surface area contributed by atoms with E-state index < -0.39 is 0 Å². The molecule has 2 aromatic heterocycles. The smallest absolute Gasteiger partial charge is 0.191 e. The van der Waals surface area contributed by atoms with E-state index in [1.807, 2.05) is 34.9 Å². The number of fused-ring (bicyclic) bond motifs is 1. The summed E-state index contributed by atoms with van der Waals surface area (Å²) < 4.78 is 15.1. The SMILES string of the molecule is CN=C(NCc1cccc(F)c1)NCc1nnc2ccccn12. The Morgan fingerprint density at radius 1 is 1.13 bits per heavy atom. The summed E-state index contributed by atoms with van der Waals surface area (Å²) >= 11 is 0. The number of halogens is 1. The van der Waals surface area contributed by atoms with Gasteiger partial charge in [0.2, 0.25) is 0 Å². The number of aromatic nitrogens is 3. The average Bonchev–Trinajstić information content (AvgIpc) is 2.98. The average molecular weight is 312 g/mol. The highest BCUT2D eigenvalue weighted by Gasteiger charge is 2.05. The summed E-state index contributed by atoms with van der Waals surface area (Å²) in [6.07, 6.45) is 1.91. The van der Waals surface area contributed by atoms with Gasteiger partial charge >= 0.3 is 0 Å². The lowest BCUT2D eigenvalue weighted by Crippen LogP contribution is -2.36. The van der Waals surface area contributed by atoms with E-state index in [1.54, 1.807) is 13.1 Å². The summed E-state index contributed by atoms with van der Waals surface area (Å²) in [5.41, 5.74) is 1.65. The molecule has 0 unspecified atom stereocenters. The number of nitrogens with zero attached hydrogens (tertiary/aromatic N) is 4. The molecule has 6 nitrogen and oxygen atoms in total. The van der Waals surface area contributed by atoms with Crippen molar-refractivity contribution in [3.8, 4) is 0 Å². The zero-order chi connectivity index (χ0) is 16.1. The van der Waals surface area contributed by atoms with Gasteiger partial charge in [0, 0.05) is 19.8 Å². The molecule has 1 aromatic carbocycles. The molecule has 0 aliphatic heterocycles. The molecule has 0 radical (unpaired) electrons. The van der Waals surface area contributed by atoms with Crippen LogP contribution in [-0.4, -0.2) is 27.6 Å². The van der Waals surface area contributed by atoms with Gasteiger partial charge in [-0.05, 0) is 29.8 Å². The first kappa shape index (κ1) is 15.0. The van der Waals surface area contributed by atoms with Gasteiger partial charge in [-0.3, -0.25) is 9.39 Å². The first-order valence-electron chi connectivity index (χ1n) is 7.24. The van der Waals surface area contributed by atoms with E-state index in [0.29, 0.717) is 19.0 Å². The van der Waals surface area contributed by atoms with Crippen LogP contribution in [0.15, 0.2) is 53.7 Å². The van der Waals surface area contributed by atoms with Gasteiger partial charge in [0.25, 0.3) is 0 Å². The second-order valence-electron chi connectivity index (χ2n) is 4.95. The first-order valence-corrected chi connectivity index (χ1v) is 7.24. The molecule has 118 valence electrons. The van der Waals surface area contributed by atoms with Crippen molar-refractivity contribution in [2.75, 3.05) is 7.05 Å². The van der Waals surface area contributed by atoms with Gasteiger partial charge in [-0.2, -0.15) is 0 Å². The molecular weight excluding hydrogens is 295 g/mol. The van der Waals surface area contributed by atoms with Crippen molar-refractivity contribution >= 4 is 11.6 Å². The Morgan fingerprint density at radius 3 is 2.83 bits per heavy atom. The number of rotatable bonds is 4. The van der Waals surface area contributed by atoms with Gasteiger partial charge in [-0.1, -0.05) is 18.2 Å². The topological polar surface area (TPSA) is 66.6 Å². The monoisotopic (exact) mass is 312 g/mol. The second kappa shape index (κ2) is 6.87. The summed E-state index contributed by atoms with van der Waals surface area (Å²) in [7, 11) is 1.68. The van der Waals surface area contributed by atoms with Gasteiger partial charge in [0.05, 0.1) is 6.54 Å². The van der Waals surface area contributed by atoms with Gasteiger partial charge in [-0.25, -0.2) is 4.39 Å². The highest BCUT2D eigenvalue weighted by Crippen LogP contribution is 2.03. The Kier molecular flexibility index (Phi) is 4.46. The molecule has 0 atom stereocenters. The maximum Gasteiger partial charge on any atom is 0.191 e. The first-order chi connectivity index (χ1) is 11.3. The van der Waals surface area contributed by atoms with Crippen molar-refractivity contribution in [3.63, 3.8) is 0 Å². The third-order valence-electron chi connectivity index (χ3n) is 3.37. The minimum Gasteiger partial charge on any atom is -0.352 e. The summed E-state index contributed by atoms with van der Waals surface area (Å²) in [6, 6.07) is 12.2. The molecule has 0 fully saturated rings.